The van der Waals surface area contributed by atoms with E-state index in [4.69, 9.17) is 9.47 Å². The van der Waals surface area contributed by atoms with Gasteiger partial charge in [-0.25, -0.2) is 9.78 Å². The highest BCUT2D eigenvalue weighted by Crippen LogP contribution is 2.21. The van der Waals surface area contributed by atoms with Crippen molar-refractivity contribution in [2.24, 2.45) is 5.92 Å². The Morgan fingerprint density at radius 1 is 1.30 bits per heavy atom. The Balaban J connectivity index is 1.54. The molecule has 0 aliphatic carbocycles. The molecule has 2 fully saturated rings. The van der Waals surface area contributed by atoms with Crippen LogP contribution in [0.4, 0.5) is 10.6 Å². The lowest BCUT2D eigenvalue weighted by atomic mass is 9.97. The Morgan fingerprint density at radius 2 is 2.17 bits per heavy atom. The first-order valence-corrected chi connectivity index (χ1v) is 8.18. The van der Waals surface area contributed by atoms with E-state index in [2.05, 4.69) is 20.5 Å². The highest BCUT2D eigenvalue weighted by Gasteiger charge is 2.31. The SMILES string of the molecule is O=C(NCC(C1CCOC1)N1CCOCC1)Nc1ccccn1. The number of carbonyl (C=O) groups excluding carboxylic acids is 1. The molecule has 2 saturated heterocycles. The van der Waals surface area contributed by atoms with Gasteiger partial charge in [0.05, 0.1) is 19.8 Å². The fourth-order valence-electron chi connectivity index (χ4n) is 3.15. The number of hydrogen-bond acceptors (Lipinski definition) is 5. The van der Waals surface area contributed by atoms with Crippen LogP contribution in [0.3, 0.4) is 0 Å². The van der Waals surface area contributed by atoms with Crippen molar-refractivity contribution in [3.05, 3.63) is 24.4 Å². The summed E-state index contributed by atoms with van der Waals surface area (Å²) in [5, 5.41) is 5.73. The standard InChI is InChI=1S/C16H24N4O3/c21-16(19-15-3-1-2-5-17-15)18-11-14(13-4-8-23-12-13)20-6-9-22-10-7-20/h1-3,5,13-14H,4,6-12H2,(H2,17,18,19,21). The van der Waals surface area contributed by atoms with E-state index in [9.17, 15) is 4.79 Å². The fraction of sp³-hybridized carbons (Fsp3) is 0.625. The number of carbonyl (C=O) groups is 1. The first kappa shape index (κ1) is 16.2. The van der Waals surface area contributed by atoms with Gasteiger partial charge in [-0.15, -0.1) is 0 Å². The molecular weight excluding hydrogens is 296 g/mol. The lowest BCUT2D eigenvalue weighted by Gasteiger charge is -2.37. The van der Waals surface area contributed by atoms with Gasteiger partial charge in [-0.05, 0) is 18.6 Å². The Kier molecular flexibility index (Phi) is 5.79. The maximum absolute atomic E-state index is 12.1. The molecule has 23 heavy (non-hydrogen) atoms. The molecule has 1 aromatic rings. The van der Waals surface area contributed by atoms with Gasteiger partial charge in [0.25, 0.3) is 0 Å². The van der Waals surface area contributed by atoms with Crippen LogP contribution < -0.4 is 10.6 Å². The van der Waals surface area contributed by atoms with Crippen LogP contribution in [0, 0.1) is 5.92 Å². The second-order valence-electron chi connectivity index (χ2n) is 5.89. The summed E-state index contributed by atoms with van der Waals surface area (Å²) in [6.45, 7) is 5.51. The Bertz CT molecular complexity index is 487. The highest BCUT2D eigenvalue weighted by atomic mass is 16.5. The Hall–Kier alpha value is -1.70. The van der Waals surface area contributed by atoms with Crippen LogP contribution in [-0.4, -0.2) is 68.0 Å². The van der Waals surface area contributed by atoms with Crippen molar-refractivity contribution in [1.29, 1.82) is 0 Å². The number of nitrogens with zero attached hydrogens (tertiary/aromatic N) is 2. The molecule has 7 nitrogen and oxygen atoms in total. The third-order valence-electron chi connectivity index (χ3n) is 4.40. The number of anilines is 1. The van der Waals surface area contributed by atoms with E-state index in [1.807, 2.05) is 12.1 Å². The Morgan fingerprint density at radius 3 is 2.87 bits per heavy atom. The minimum absolute atomic E-state index is 0.221. The van der Waals surface area contributed by atoms with E-state index in [0.717, 1.165) is 45.9 Å². The van der Waals surface area contributed by atoms with Gasteiger partial charge in [0, 0.05) is 44.4 Å². The second-order valence-corrected chi connectivity index (χ2v) is 5.89. The highest BCUT2D eigenvalue weighted by molar-refractivity contribution is 5.88. The van der Waals surface area contributed by atoms with Crippen molar-refractivity contribution in [3.63, 3.8) is 0 Å². The zero-order valence-corrected chi connectivity index (χ0v) is 13.2. The summed E-state index contributed by atoms with van der Waals surface area (Å²) in [5.41, 5.74) is 0. The maximum atomic E-state index is 12.1. The van der Waals surface area contributed by atoms with Gasteiger partial charge in [0.15, 0.2) is 0 Å². The van der Waals surface area contributed by atoms with Crippen LogP contribution in [0.15, 0.2) is 24.4 Å². The maximum Gasteiger partial charge on any atom is 0.320 e. The lowest BCUT2D eigenvalue weighted by Crippen LogP contribution is -2.52. The molecule has 0 bridgehead atoms. The number of amides is 2. The number of nitrogens with one attached hydrogen (secondary N) is 2. The van der Waals surface area contributed by atoms with E-state index >= 15 is 0 Å². The number of urea groups is 1. The van der Waals surface area contributed by atoms with Crippen molar-refractivity contribution in [1.82, 2.24) is 15.2 Å². The van der Waals surface area contributed by atoms with E-state index < -0.39 is 0 Å². The largest absolute Gasteiger partial charge is 0.381 e. The summed E-state index contributed by atoms with van der Waals surface area (Å²) in [5.74, 6) is 1.01. The van der Waals surface area contributed by atoms with Gasteiger partial charge in [-0.3, -0.25) is 10.2 Å². The van der Waals surface area contributed by atoms with Crippen molar-refractivity contribution in [2.45, 2.75) is 12.5 Å². The minimum atomic E-state index is -0.221. The van der Waals surface area contributed by atoms with Gasteiger partial charge < -0.3 is 14.8 Å². The topological polar surface area (TPSA) is 75.7 Å². The van der Waals surface area contributed by atoms with Crippen LogP contribution in [0.2, 0.25) is 0 Å². The average molecular weight is 320 g/mol. The molecule has 7 heteroatoms. The molecule has 2 unspecified atom stereocenters. The van der Waals surface area contributed by atoms with Crippen LogP contribution in [0.5, 0.6) is 0 Å². The minimum Gasteiger partial charge on any atom is -0.381 e. The first-order chi connectivity index (χ1) is 11.3. The molecule has 0 aromatic carbocycles. The lowest BCUT2D eigenvalue weighted by molar-refractivity contribution is 0.00222. The molecule has 2 aliphatic heterocycles. The molecule has 0 saturated carbocycles. The molecule has 2 aliphatic rings. The van der Waals surface area contributed by atoms with Crippen molar-refractivity contribution in [3.8, 4) is 0 Å². The molecule has 126 valence electrons. The van der Waals surface area contributed by atoms with Gasteiger partial charge in [0.2, 0.25) is 0 Å². The number of pyridine rings is 1. The third kappa shape index (κ3) is 4.63. The molecule has 1 aromatic heterocycles. The molecule has 2 amide bonds. The molecular formula is C16H24N4O3. The number of rotatable bonds is 5. The summed E-state index contributed by atoms with van der Waals surface area (Å²) in [7, 11) is 0. The predicted octanol–water partition coefficient (Wildman–Crippen LogP) is 0.940. The third-order valence-corrected chi connectivity index (χ3v) is 4.40. The van der Waals surface area contributed by atoms with Crippen molar-refractivity contribution >= 4 is 11.8 Å². The molecule has 2 N–H and O–H groups in total. The number of morpholine rings is 1. The predicted molar refractivity (Wildman–Crippen MR) is 86.4 cm³/mol. The van der Waals surface area contributed by atoms with Gasteiger partial charge in [-0.1, -0.05) is 6.07 Å². The number of ether oxygens (including phenoxy) is 2. The summed E-state index contributed by atoms with van der Waals surface area (Å²) in [6.07, 6.45) is 2.70. The monoisotopic (exact) mass is 320 g/mol. The van der Waals surface area contributed by atoms with Crippen molar-refractivity contribution < 1.29 is 14.3 Å². The average Bonchev–Trinajstić information content (AvgIpc) is 3.11. The summed E-state index contributed by atoms with van der Waals surface area (Å²) in [6, 6.07) is 5.49. The van der Waals surface area contributed by atoms with E-state index in [-0.39, 0.29) is 12.1 Å². The first-order valence-electron chi connectivity index (χ1n) is 8.18. The fourth-order valence-corrected chi connectivity index (χ4v) is 3.15. The molecule has 0 spiro atoms. The van der Waals surface area contributed by atoms with Gasteiger partial charge in [-0.2, -0.15) is 0 Å². The molecule has 3 rings (SSSR count). The van der Waals surface area contributed by atoms with Gasteiger partial charge in [0.1, 0.15) is 5.82 Å². The van der Waals surface area contributed by atoms with E-state index in [0.29, 0.717) is 18.3 Å². The van der Waals surface area contributed by atoms with E-state index in [1.165, 1.54) is 0 Å². The normalized spacial score (nSPS) is 23.4. The smallest absolute Gasteiger partial charge is 0.320 e. The summed E-state index contributed by atoms with van der Waals surface area (Å²) >= 11 is 0. The quantitative estimate of drug-likeness (QED) is 0.844. The molecule has 0 radical (unpaired) electrons. The van der Waals surface area contributed by atoms with Gasteiger partial charge >= 0.3 is 6.03 Å². The van der Waals surface area contributed by atoms with Crippen LogP contribution >= 0.6 is 0 Å². The number of hydrogen-bond donors (Lipinski definition) is 2. The van der Waals surface area contributed by atoms with Crippen molar-refractivity contribution in [2.75, 3.05) is 51.4 Å². The summed E-state index contributed by atoms with van der Waals surface area (Å²) in [4.78, 5) is 18.6. The zero-order chi connectivity index (χ0) is 15.9. The number of aromatic nitrogens is 1. The zero-order valence-electron chi connectivity index (χ0n) is 13.2. The van der Waals surface area contributed by atoms with Crippen LogP contribution in [-0.2, 0) is 9.47 Å². The van der Waals surface area contributed by atoms with Crippen LogP contribution in [0.1, 0.15) is 6.42 Å². The van der Waals surface area contributed by atoms with E-state index in [1.54, 1.807) is 12.3 Å². The molecule has 3 heterocycles. The van der Waals surface area contributed by atoms with Crippen LogP contribution in [0.25, 0.3) is 0 Å². The Labute approximate surface area is 136 Å². The molecule has 2 atom stereocenters. The second kappa shape index (κ2) is 8.24. The summed E-state index contributed by atoms with van der Waals surface area (Å²) < 4.78 is 11.0.